The Morgan fingerprint density at radius 2 is 1.62 bits per heavy atom. The Bertz CT molecular complexity index is 885. The van der Waals surface area contributed by atoms with Crippen LogP contribution in [-0.4, -0.2) is 21.0 Å². The summed E-state index contributed by atoms with van der Waals surface area (Å²) in [5.41, 5.74) is 5.25. The molecule has 1 aromatic heterocycles. The first kappa shape index (κ1) is 18.1. The van der Waals surface area contributed by atoms with E-state index in [0.717, 1.165) is 28.1 Å². The summed E-state index contributed by atoms with van der Waals surface area (Å²) in [6, 6.07) is 19.3. The maximum Gasteiger partial charge on any atom is 0.161 e. The molecule has 4 nitrogen and oxygen atoms in total. The molecule has 4 heteroatoms. The van der Waals surface area contributed by atoms with Crippen LogP contribution in [0.2, 0.25) is 0 Å². The molecule has 0 aliphatic carbocycles. The smallest absolute Gasteiger partial charge is 0.161 e. The third-order valence-electron chi connectivity index (χ3n) is 4.70. The molecular formula is C22H24N2O2. The molecule has 0 spiro atoms. The first-order valence-corrected chi connectivity index (χ1v) is 8.73. The maximum absolute atomic E-state index is 12.0. The van der Waals surface area contributed by atoms with Gasteiger partial charge in [-0.3, -0.25) is 4.79 Å². The van der Waals surface area contributed by atoms with Gasteiger partial charge in [-0.15, -0.1) is 0 Å². The van der Waals surface area contributed by atoms with Gasteiger partial charge in [0.2, 0.25) is 0 Å². The standard InChI is InChI=1S/C22H24N2O2/c1-15-20(17(3)25)16(2)23-21(15)22(19-12-8-5-9-13-19)24(26)14-18-10-6-4-7-11-18/h4-13,22-23,26H,14H2,1-3H3. The SMILES string of the molecule is CC(=O)c1c(C)[nH]c(C(c2ccccc2)N(O)Cc2ccccc2)c1C. The van der Waals surface area contributed by atoms with Crippen LogP contribution in [-0.2, 0) is 6.54 Å². The van der Waals surface area contributed by atoms with Crippen molar-refractivity contribution < 1.29 is 10.0 Å². The number of nitrogens with one attached hydrogen (secondary N) is 1. The summed E-state index contributed by atoms with van der Waals surface area (Å²) in [5.74, 6) is 0.0295. The van der Waals surface area contributed by atoms with E-state index in [1.165, 1.54) is 5.06 Å². The lowest BCUT2D eigenvalue weighted by Gasteiger charge is -2.27. The van der Waals surface area contributed by atoms with Crippen molar-refractivity contribution >= 4 is 5.78 Å². The van der Waals surface area contributed by atoms with E-state index in [9.17, 15) is 10.0 Å². The third-order valence-corrected chi connectivity index (χ3v) is 4.70. The number of aromatic nitrogens is 1. The van der Waals surface area contributed by atoms with Crippen LogP contribution in [0.15, 0.2) is 60.7 Å². The van der Waals surface area contributed by atoms with Crippen LogP contribution in [0.4, 0.5) is 0 Å². The van der Waals surface area contributed by atoms with Crippen molar-refractivity contribution in [2.24, 2.45) is 0 Å². The van der Waals surface area contributed by atoms with Crippen LogP contribution in [0, 0.1) is 13.8 Å². The van der Waals surface area contributed by atoms with Crippen molar-refractivity contribution in [1.82, 2.24) is 10.0 Å². The average molecular weight is 348 g/mol. The highest BCUT2D eigenvalue weighted by Gasteiger charge is 2.27. The first-order valence-electron chi connectivity index (χ1n) is 8.73. The van der Waals surface area contributed by atoms with Gasteiger partial charge in [0.05, 0.1) is 0 Å². The van der Waals surface area contributed by atoms with E-state index >= 15 is 0 Å². The highest BCUT2D eigenvalue weighted by Crippen LogP contribution is 2.33. The third kappa shape index (κ3) is 3.62. The van der Waals surface area contributed by atoms with Crippen molar-refractivity contribution in [3.63, 3.8) is 0 Å². The lowest BCUT2D eigenvalue weighted by molar-refractivity contribution is -0.126. The summed E-state index contributed by atoms with van der Waals surface area (Å²) in [4.78, 5) is 15.4. The summed E-state index contributed by atoms with van der Waals surface area (Å²) >= 11 is 0. The molecular weight excluding hydrogens is 324 g/mol. The van der Waals surface area contributed by atoms with Gasteiger partial charge in [-0.25, -0.2) is 0 Å². The summed E-state index contributed by atoms with van der Waals surface area (Å²) in [5, 5.41) is 12.3. The largest absolute Gasteiger partial charge is 0.360 e. The molecule has 26 heavy (non-hydrogen) atoms. The predicted molar refractivity (Wildman–Crippen MR) is 102 cm³/mol. The summed E-state index contributed by atoms with van der Waals surface area (Å²) in [7, 11) is 0. The second kappa shape index (κ2) is 7.68. The highest BCUT2D eigenvalue weighted by atomic mass is 16.5. The Hall–Kier alpha value is -2.69. The van der Waals surface area contributed by atoms with Crippen LogP contribution in [0.5, 0.6) is 0 Å². The summed E-state index contributed by atoms with van der Waals surface area (Å²) < 4.78 is 0. The molecule has 2 aromatic carbocycles. The van der Waals surface area contributed by atoms with E-state index in [1.54, 1.807) is 6.92 Å². The zero-order chi connectivity index (χ0) is 18.7. The lowest BCUT2D eigenvalue weighted by Crippen LogP contribution is -2.26. The Kier molecular flexibility index (Phi) is 5.35. The molecule has 3 rings (SSSR count). The van der Waals surface area contributed by atoms with E-state index in [1.807, 2.05) is 74.5 Å². The van der Waals surface area contributed by atoms with Gasteiger partial charge in [0.1, 0.15) is 6.04 Å². The molecule has 2 N–H and O–H groups in total. The summed E-state index contributed by atoms with van der Waals surface area (Å²) in [6.07, 6.45) is 0. The molecule has 1 heterocycles. The summed E-state index contributed by atoms with van der Waals surface area (Å²) in [6.45, 7) is 5.79. The Labute approximate surface area is 154 Å². The van der Waals surface area contributed by atoms with Crippen LogP contribution < -0.4 is 0 Å². The van der Waals surface area contributed by atoms with E-state index < -0.39 is 0 Å². The number of aryl methyl sites for hydroxylation is 1. The molecule has 0 aliphatic heterocycles. The molecule has 1 unspecified atom stereocenters. The minimum atomic E-state index is -0.386. The number of carbonyl (C=O) groups excluding carboxylic acids is 1. The first-order chi connectivity index (χ1) is 12.5. The molecule has 3 aromatic rings. The fourth-order valence-electron chi connectivity index (χ4n) is 3.56. The second-order valence-corrected chi connectivity index (χ2v) is 6.62. The Balaban J connectivity index is 2.05. The zero-order valence-corrected chi connectivity index (χ0v) is 15.4. The van der Waals surface area contributed by atoms with Gasteiger partial charge in [-0.05, 0) is 37.5 Å². The number of H-pyrrole nitrogens is 1. The number of Topliss-reactive ketones (excluding diaryl/α,β-unsaturated/α-hetero) is 1. The van der Waals surface area contributed by atoms with Gasteiger partial charge in [0, 0.05) is 23.5 Å². The topological polar surface area (TPSA) is 56.3 Å². The van der Waals surface area contributed by atoms with Gasteiger partial charge in [0.15, 0.2) is 5.78 Å². The lowest BCUT2D eigenvalue weighted by atomic mass is 9.98. The van der Waals surface area contributed by atoms with Crippen molar-refractivity contribution in [3.8, 4) is 0 Å². The van der Waals surface area contributed by atoms with E-state index in [4.69, 9.17) is 0 Å². The molecule has 0 aliphatic rings. The van der Waals surface area contributed by atoms with Crippen molar-refractivity contribution in [1.29, 1.82) is 0 Å². The van der Waals surface area contributed by atoms with E-state index in [2.05, 4.69) is 4.98 Å². The van der Waals surface area contributed by atoms with E-state index in [0.29, 0.717) is 12.1 Å². The molecule has 0 fully saturated rings. The quantitative estimate of drug-likeness (QED) is 0.496. The van der Waals surface area contributed by atoms with Gasteiger partial charge < -0.3 is 10.2 Å². The number of carbonyl (C=O) groups is 1. The number of hydrogen-bond acceptors (Lipinski definition) is 3. The Morgan fingerprint density at radius 1 is 1.04 bits per heavy atom. The minimum Gasteiger partial charge on any atom is -0.360 e. The monoisotopic (exact) mass is 348 g/mol. The number of hydroxylamine groups is 2. The number of ketones is 1. The van der Waals surface area contributed by atoms with Gasteiger partial charge in [-0.2, -0.15) is 5.06 Å². The second-order valence-electron chi connectivity index (χ2n) is 6.62. The molecule has 0 amide bonds. The van der Waals surface area contributed by atoms with Crippen molar-refractivity contribution in [2.75, 3.05) is 0 Å². The number of hydrogen-bond donors (Lipinski definition) is 2. The molecule has 0 bridgehead atoms. The minimum absolute atomic E-state index is 0.0295. The molecule has 134 valence electrons. The van der Waals surface area contributed by atoms with Crippen LogP contribution in [0.25, 0.3) is 0 Å². The molecule has 0 saturated heterocycles. The molecule has 0 radical (unpaired) electrons. The number of benzene rings is 2. The fourth-order valence-corrected chi connectivity index (χ4v) is 3.56. The fraction of sp³-hybridized carbons (Fsp3) is 0.227. The van der Waals surface area contributed by atoms with E-state index in [-0.39, 0.29) is 11.8 Å². The van der Waals surface area contributed by atoms with Crippen LogP contribution in [0.3, 0.4) is 0 Å². The number of rotatable bonds is 6. The zero-order valence-electron chi connectivity index (χ0n) is 15.4. The maximum atomic E-state index is 12.0. The molecule has 1 atom stereocenters. The Morgan fingerprint density at radius 3 is 2.15 bits per heavy atom. The predicted octanol–water partition coefficient (Wildman–Crippen LogP) is 4.81. The average Bonchev–Trinajstić information content (AvgIpc) is 2.91. The normalized spacial score (nSPS) is 12.3. The molecule has 0 saturated carbocycles. The van der Waals surface area contributed by atoms with Crippen LogP contribution in [0.1, 0.15) is 51.4 Å². The van der Waals surface area contributed by atoms with Crippen molar-refractivity contribution in [3.05, 3.63) is 94.3 Å². The number of nitrogens with zero attached hydrogens (tertiary/aromatic N) is 1. The van der Waals surface area contributed by atoms with Gasteiger partial charge in [-0.1, -0.05) is 60.7 Å². The van der Waals surface area contributed by atoms with Crippen molar-refractivity contribution in [2.45, 2.75) is 33.4 Å². The van der Waals surface area contributed by atoms with Crippen LogP contribution >= 0.6 is 0 Å². The number of aromatic amines is 1. The van der Waals surface area contributed by atoms with Gasteiger partial charge in [0.25, 0.3) is 0 Å². The van der Waals surface area contributed by atoms with Gasteiger partial charge >= 0.3 is 0 Å². The highest BCUT2D eigenvalue weighted by molar-refractivity contribution is 5.97.